The zero-order valence-corrected chi connectivity index (χ0v) is 13.5. The molecule has 6 nitrogen and oxygen atoms in total. The Morgan fingerprint density at radius 3 is 3.10 bits per heavy atom. The Morgan fingerprint density at radius 1 is 1.57 bits per heavy atom. The summed E-state index contributed by atoms with van der Waals surface area (Å²) in [7, 11) is 0. The van der Waals surface area contributed by atoms with Crippen LogP contribution in [0.5, 0.6) is 0 Å². The second-order valence-electron chi connectivity index (χ2n) is 5.15. The molecular weight excluding hydrogens is 288 g/mol. The quantitative estimate of drug-likeness (QED) is 0.841. The van der Waals surface area contributed by atoms with E-state index in [2.05, 4.69) is 17.2 Å². The van der Waals surface area contributed by atoms with Crippen LogP contribution in [0.1, 0.15) is 42.8 Å². The van der Waals surface area contributed by atoms with Crippen LogP contribution < -0.4 is 11.1 Å². The minimum Gasteiger partial charge on any atom is -0.382 e. The standard InChI is InChI=1S/C14H24N4O2S/c1-3-8-20-10-6-5-7-18(9-10)13(19)11-12(15)17-14(21-11)16-4-2/h10H,3-9,15H2,1-2H3,(H,16,17). The number of nitrogens with one attached hydrogen (secondary N) is 1. The summed E-state index contributed by atoms with van der Waals surface area (Å²) in [6, 6.07) is 0. The van der Waals surface area contributed by atoms with E-state index in [0.717, 1.165) is 39.0 Å². The molecule has 0 spiro atoms. The van der Waals surface area contributed by atoms with Gasteiger partial charge in [0.15, 0.2) is 5.13 Å². The third-order valence-electron chi connectivity index (χ3n) is 3.40. The third-order valence-corrected chi connectivity index (χ3v) is 4.42. The average Bonchev–Trinajstić information content (AvgIpc) is 2.86. The lowest BCUT2D eigenvalue weighted by atomic mass is 10.1. The van der Waals surface area contributed by atoms with E-state index in [0.29, 0.717) is 22.4 Å². The lowest BCUT2D eigenvalue weighted by Gasteiger charge is -2.32. The molecule has 2 heterocycles. The van der Waals surface area contributed by atoms with E-state index < -0.39 is 0 Å². The van der Waals surface area contributed by atoms with Crippen LogP contribution in [0, 0.1) is 0 Å². The molecule has 7 heteroatoms. The van der Waals surface area contributed by atoms with Gasteiger partial charge in [-0.15, -0.1) is 0 Å². The lowest BCUT2D eigenvalue weighted by Crippen LogP contribution is -2.43. The van der Waals surface area contributed by atoms with E-state index in [1.165, 1.54) is 11.3 Å². The summed E-state index contributed by atoms with van der Waals surface area (Å²) in [5.74, 6) is 0.288. The van der Waals surface area contributed by atoms with Crippen LogP contribution in [0.25, 0.3) is 0 Å². The monoisotopic (exact) mass is 312 g/mol. The van der Waals surface area contributed by atoms with Gasteiger partial charge in [-0.1, -0.05) is 18.3 Å². The molecule has 0 bridgehead atoms. The molecule has 0 radical (unpaired) electrons. The Kier molecular flexibility index (Phi) is 5.81. The number of nitrogens with zero attached hydrogens (tertiary/aromatic N) is 2. The van der Waals surface area contributed by atoms with E-state index in [1.54, 1.807) is 0 Å². The highest BCUT2D eigenvalue weighted by molar-refractivity contribution is 7.18. The number of piperidine rings is 1. The maximum absolute atomic E-state index is 12.6. The first kappa shape index (κ1) is 16.0. The SMILES string of the molecule is CCCOC1CCCN(C(=O)c2sc(NCC)nc2N)C1. The van der Waals surface area contributed by atoms with Gasteiger partial charge in [-0.3, -0.25) is 4.79 Å². The summed E-state index contributed by atoms with van der Waals surface area (Å²) in [5, 5.41) is 3.80. The second-order valence-corrected chi connectivity index (χ2v) is 6.15. The van der Waals surface area contributed by atoms with Crippen LogP contribution in [-0.4, -0.2) is 48.1 Å². The highest BCUT2D eigenvalue weighted by Gasteiger charge is 2.27. The summed E-state index contributed by atoms with van der Waals surface area (Å²) in [6.07, 6.45) is 3.13. The molecule has 1 aromatic heterocycles. The van der Waals surface area contributed by atoms with E-state index in [-0.39, 0.29) is 12.0 Å². The molecule has 2 rings (SSSR count). The Hall–Kier alpha value is -1.34. The summed E-state index contributed by atoms with van der Waals surface area (Å²) < 4.78 is 5.77. The minimum absolute atomic E-state index is 0.0287. The molecule has 1 aliphatic heterocycles. The van der Waals surface area contributed by atoms with E-state index in [1.807, 2.05) is 11.8 Å². The number of nitrogens with two attached hydrogens (primary N) is 1. The van der Waals surface area contributed by atoms with Gasteiger partial charge in [0, 0.05) is 26.2 Å². The van der Waals surface area contributed by atoms with Crippen LogP contribution >= 0.6 is 11.3 Å². The van der Waals surface area contributed by atoms with Crippen LogP contribution in [-0.2, 0) is 4.74 Å². The smallest absolute Gasteiger partial charge is 0.267 e. The van der Waals surface area contributed by atoms with E-state index in [9.17, 15) is 4.79 Å². The van der Waals surface area contributed by atoms with Gasteiger partial charge in [-0.25, -0.2) is 4.98 Å². The number of rotatable bonds is 6. The highest BCUT2D eigenvalue weighted by Crippen LogP contribution is 2.27. The molecule has 0 aliphatic carbocycles. The predicted octanol–water partition coefficient (Wildman–Crippen LogP) is 2.19. The van der Waals surface area contributed by atoms with Crippen molar-refractivity contribution in [2.45, 2.75) is 39.2 Å². The summed E-state index contributed by atoms with van der Waals surface area (Å²) in [6.45, 7) is 6.99. The highest BCUT2D eigenvalue weighted by atomic mass is 32.1. The fourth-order valence-corrected chi connectivity index (χ4v) is 3.32. The largest absolute Gasteiger partial charge is 0.382 e. The molecule has 118 valence electrons. The fraction of sp³-hybridized carbons (Fsp3) is 0.714. The maximum atomic E-state index is 12.6. The molecule has 1 fully saturated rings. The van der Waals surface area contributed by atoms with Gasteiger partial charge in [0.2, 0.25) is 0 Å². The van der Waals surface area contributed by atoms with Crippen molar-refractivity contribution in [1.29, 1.82) is 0 Å². The van der Waals surface area contributed by atoms with Crippen LogP contribution in [0.3, 0.4) is 0 Å². The molecule has 1 aromatic rings. The van der Waals surface area contributed by atoms with Crippen molar-refractivity contribution in [3.05, 3.63) is 4.88 Å². The molecule has 1 unspecified atom stereocenters. The molecule has 3 N–H and O–H groups in total. The lowest BCUT2D eigenvalue weighted by molar-refractivity contribution is 0.00229. The fourth-order valence-electron chi connectivity index (χ4n) is 2.40. The molecular formula is C14H24N4O2S. The van der Waals surface area contributed by atoms with E-state index >= 15 is 0 Å². The number of hydrogen-bond donors (Lipinski definition) is 2. The normalized spacial score (nSPS) is 18.8. The zero-order chi connectivity index (χ0) is 15.2. The molecule has 0 saturated carbocycles. The Morgan fingerprint density at radius 2 is 2.38 bits per heavy atom. The number of aromatic nitrogens is 1. The van der Waals surface area contributed by atoms with Crippen molar-refractivity contribution in [1.82, 2.24) is 9.88 Å². The molecule has 0 aromatic carbocycles. The summed E-state index contributed by atoms with van der Waals surface area (Å²) in [5.41, 5.74) is 5.87. The molecule has 1 amide bonds. The van der Waals surface area contributed by atoms with Gasteiger partial charge < -0.3 is 20.7 Å². The number of amides is 1. The topological polar surface area (TPSA) is 80.5 Å². The van der Waals surface area contributed by atoms with Crippen molar-refractivity contribution in [2.75, 3.05) is 37.3 Å². The van der Waals surface area contributed by atoms with Gasteiger partial charge in [0.05, 0.1) is 6.10 Å². The number of carbonyl (C=O) groups excluding carboxylic acids is 1. The molecule has 1 atom stereocenters. The molecule has 1 saturated heterocycles. The van der Waals surface area contributed by atoms with Crippen LogP contribution in [0.4, 0.5) is 10.9 Å². The number of carbonyl (C=O) groups is 1. The summed E-state index contributed by atoms with van der Waals surface area (Å²) in [4.78, 5) is 19.1. The average molecular weight is 312 g/mol. The van der Waals surface area contributed by atoms with Gasteiger partial charge in [-0.05, 0) is 26.2 Å². The number of ether oxygens (including phenoxy) is 1. The van der Waals surface area contributed by atoms with Gasteiger partial charge in [0.25, 0.3) is 5.91 Å². The summed E-state index contributed by atoms with van der Waals surface area (Å²) >= 11 is 1.33. The minimum atomic E-state index is -0.0287. The maximum Gasteiger partial charge on any atom is 0.267 e. The first-order valence-electron chi connectivity index (χ1n) is 7.56. The second kappa shape index (κ2) is 7.61. The van der Waals surface area contributed by atoms with Gasteiger partial charge in [0.1, 0.15) is 10.7 Å². The number of thiazole rings is 1. The Labute approximate surface area is 129 Å². The van der Waals surface area contributed by atoms with Crippen LogP contribution in [0.15, 0.2) is 0 Å². The zero-order valence-electron chi connectivity index (χ0n) is 12.7. The predicted molar refractivity (Wildman–Crippen MR) is 85.9 cm³/mol. The van der Waals surface area contributed by atoms with Crippen molar-refractivity contribution >= 4 is 28.2 Å². The number of nitrogen functional groups attached to an aromatic ring is 1. The molecule has 1 aliphatic rings. The number of anilines is 2. The van der Waals surface area contributed by atoms with Crippen molar-refractivity contribution in [2.24, 2.45) is 0 Å². The van der Waals surface area contributed by atoms with Gasteiger partial charge >= 0.3 is 0 Å². The van der Waals surface area contributed by atoms with Gasteiger partial charge in [-0.2, -0.15) is 0 Å². The number of likely N-dealkylation sites (tertiary alicyclic amines) is 1. The Bertz CT molecular complexity index is 478. The van der Waals surface area contributed by atoms with Crippen LogP contribution in [0.2, 0.25) is 0 Å². The van der Waals surface area contributed by atoms with E-state index in [4.69, 9.17) is 10.5 Å². The van der Waals surface area contributed by atoms with Crippen molar-refractivity contribution in [3.63, 3.8) is 0 Å². The molecule has 21 heavy (non-hydrogen) atoms. The first-order valence-corrected chi connectivity index (χ1v) is 8.38. The Balaban J connectivity index is 2.01. The first-order chi connectivity index (χ1) is 10.2. The van der Waals surface area contributed by atoms with Crippen molar-refractivity contribution < 1.29 is 9.53 Å². The van der Waals surface area contributed by atoms with Crippen molar-refractivity contribution in [3.8, 4) is 0 Å². The third kappa shape index (κ3) is 4.07. The number of hydrogen-bond acceptors (Lipinski definition) is 6.